The maximum Gasteiger partial charge on any atom is 0.327 e. The Balaban J connectivity index is 1.75. The zero-order chi connectivity index (χ0) is 21.9. The zero-order valence-corrected chi connectivity index (χ0v) is 16.7. The van der Waals surface area contributed by atoms with Gasteiger partial charge in [0.15, 0.2) is 11.7 Å². The first-order chi connectivity index (χ1) is 14.9. The van der Waals surface area contributed by atoms with Crippen LogP contribution in [0.4, 0.5) is 5.82 Å². The highest BCUT2D eigenvalue weighted by Crippen LogP contribution is 2.41. The summed E-state index contributed by atoms with van der Waals surface area (Å²) in [5.74, 6) is -2.20. The summed E-state index contributed by atoms with van der Waals surface area (Å²) in [7, 11) is 1.52. The van der Waals surface area contributed by atoms with Crippen molar-refractivity contribution < 1.29 is 14.3 Å². The molecule has 11 nitrogen and oxygen atoms in total. The number of fused-ring (bicyclic) bond motifs is 2. The lowest BCUT2D eigenvalue weighted by Gasteiger charge is -2.37. The molecule has 12 heteroatoms. The Bertz CT molecular complexity index is 1350. The number of carbonyl (C=O) groups excluding carboxylic acids is 2. The molecular formula is C19H14N6O5S. The van der Waals surface area contributed by atoms with Crippen LogP contribution < -0.4 is 31.9 Å². The summed E-state index contributed by atoms with van der Waals surface area (Å²) in [5, 5.41) is 8.15. The number of anilines is 1. The number of aromatic amines is 2. The third-order valence-electron chi connectivity index (χ3n) is 5.29. The van der Waals surface area contributed by atoms with Crippen molar-refractivity contribution in [1.82, 2.24) is 20.6 Å². The summed E-state index contributed by atoms with van der Waals surface area (Å²) in [6.07, 6.45) is 0. The second-order valence-corrected chi connectivity index (χ2v) is 7.42. The Kier molecular flexibility index (Phi) is 4.12. The molecule has 1 aromatic heterocycles. The molecule has 0 radical (unpaired) electrons. The number of Topliss-reactive ketones (excluding diaryl/α,β-unsaturated/α-hetero) is 1. The van der Waals surface area contributed by atoms with Crippen LogP contribution in [-0.2, 0) is 9.59 Å². The first-order valence-electron chi connectivity index (χ1n) is 9.13. The SMILES string of the molecule is COc1ccc(C2C3=C(NC4=NC(=S)NC(=O)C4C3=O)Nc3[nH]c(=O)[nH]c(=O)c32)cc1. The van der Waals surface area contributed by atoms with E-state index < -0.39 is 34.8 Å². The van der Waals surface area contributed by atoms with Crippen LogP contribution in [0.25, 0.3) is 0 Å². The third kappa shape index (κ3) is 2.87. The van der Waals surface area contributed by atoms with Gasteiger partial charge in [0.25, 0.3) is 5.56 Å². The highest BCUT2D eigenvalue weighted by atomic mass is 32.1. The molecule has 0 fully saturated rings. The van der Waals surface area contributed by atoms with E-state index in [1.54, 1.807) is 24.3 Å². The molecule has 156 valence electrons. The van der Waals surface area contributed by atoms with E-state index in [4.69, 9.17) is 17.0 Å². The molecule has 3 aliphatic rings. The van der Waals surface area contributed by atoms with Crippen LogP contribution in [-0.4, -0.2) is 39.7 Å². The molecule has 2 unspecified atom stereocenters. The molecule has 1 amide bonds. The van der Waals surface area contributed by atoms with Gasteiger partial charge in [-0.25, -0.2) is 9.79 Å². The fraction of sp³-hybridized carbons (Fsp3) is 0.158. The van der Waals surface area contributed by atoms with Crippen molar-refractivity contribution in [2.75, 3.05) is 12.4 Å². The van der Waals surface area contributed by atoms with Crippen molar-refractivity contribution in [3.05, 3.63) is 67.6 Å². The number of ketones is 1. The van der Waals surface area contributed by atoms with Gasteiger partial charge in [-0.2, -0.15) is 0 Å². The lowest BCUT2D eigenvalue weighted by Crippen LogP contribution is -2.56. The number of hydrogen-bond donors (Lipinski definition) is 5. The fourth-order valence-corrected chi connectivity index (χ4v) is 4.17. The quantitative estimate of drug-likeness (QED) is 0.308. The lowest BCUT2D eigenvalue weighted by atomic mass is 9.76. The number of H-pyrrole nitrogens is 2. The van der Waals surface area contributed by atoms with Gasteiger partial charge in [0.05, 0.1) is 18.6 Å². The van der Waals surface area contributed by atoms with Gasteiger partial charge in [-0.1, -0.05) is 12.1 Å². The number of thiocarbonyl (C=S) groups is 1. The average Bonchev–Trinajstić information content (AvgIpc) is 2.71. The van der Waals surface area contributed by atoms with E-state index >= 15 is 0 Å². The number of carbonyl (C=O) groups is 2. The van der Waals surface area contributed by atoms with Crippen molar-refractivity contribution in [2.45, 2.75) is 5.92 Å². The van der Waals surface area contributed by atoms with Gasteiger partial charge in [-0.3, -0.25) is 24.4 Å². The second-order valence-electron chi connectivity index (χ2n) is 7.03. The van der Waals surface area contributed by atoms with Gasteiger partial charge in [-0.15, -0.1) is 0 Å². The Hall–Kier alpha value is -4.06. The molecule has 0 aliphatic carbocycles. The summed E-state index contributed by atoms with van der Waals surface area (Å²) in [6, 6.07) is 6.80. The summed E-state index contributed by atoms with van der Waals surface area (Å²) in [4.78, 5) is 59.4. The molecule has 2 aromatic rings. The van der Waals surface area contributed by atoms with Gasteiger partial charge >= 0.3 is 5.69 Å². The van der Waals surface area contributed by atoms with Crippen LogP contribution in [0.2, 0.25) is 0 Å². The average molecular weight is 438 g/mol. The van der Waals surface area contributed by atoms with Crippen LogP contribution in [0.5, 0.6) is 5.75 Å². The Labute approximate surface area is 178 Å². The second kappa shape index (κ2) is 6.74. The predicted molar refractivity (Wildman–Crippen MR) is 113 cm³/mol. The minimum Gasteiger partial charge on any atom is -0.497 e. The maximum absolute atomic E-state index is 13.5. The first kappa shape index (κ1) is 18.9. The molecular weight excluding hydrogens is 424 g/mol. The number of amides is 1. The number of aromatic nitrogens is 2. The van der Waals surface area contributed by atoms with Crippen LogP contribution in [0.15, 0.2) is 50.2 Å². The van der Waals surface area contributed by atoms with Gasteiger partial charge in [-0.05, 0) is 29.9 Å². The normalized spacial score (nSPS) is 21.7. The maximum atomic E-state index is 13.5. The van der Waals surface area contributed by atoms with Crippen molar-refractivity contribution in [1.29, 1.82) is 0 Å². The van der Waals surface area contributed by atoms with E-state index in [9.17, 15) is 19.2 Å². The number of ether oxygens (including phenoxy) is 1. The summed E-state index contributed by atoms with van der Waals surface area (Å²) >= 11 is 4.95. The van der Waals surface area contributed by atoms with E-state index in [1.807, 2.05) is 0 Å². The minimum absolute atomic E-state index is 0.0617. The number of rotatable bonds is 2. The molecule has 0 saturated carbocycles. The summed E-state index contributed by atoms with van der Waals surface area (Å²) < 4.78 is 5.19. The van der Waals surface area contributed by atoms with Crippen LogP contribution >= 0.6 is 12.2 Å². The fourth-order valence-electron chi connectivity index (χ4n) is 3.98. The summed E-state index contributed by atoms with van der Waals surface area (Å²) in [6.45, 7) is 0. The van der Waals surface area contributed by atoms with Crippen molar-refractivity contribution >= 4 is 40.7 Å². The molecule has 0 bridgehead atoms. The van der Waals surface area contributed by atoms with E-state index in [0.29, 0.717) is 11.3 Å². The Morgan fingerprint density at radius 1 is 0.968 bits per heavy atom. The van der Waals surface area contributed by atoms with Crippen molar-refractivity contribution in [2.24, 2.45) is 10.9 Å². The lowest BCUT2D eigenvalue weighted by molar-refractivity contribution is -0.129. The molecule has 2 atom stereocenters. The number of allylic oxidation sites excluding steroid dienone is 1. The van der Waals surface area contributed by atoms with E-state index in [0.717, 1.165) is 0 Å². The van der Waals surface area contributed by atoms with Crippen molar-refractivity contribution in [3.8, 4) is 5.75 Å². The van der Waals surface area contributed by atoms with Gasteiger partial charge in [0, 0.05) is 5.57 Å². The topological polar surface area (TPSA) is 158 Å². The minimum atomic E-state index is -1.23. The van der Waals surface area contributed by atoms with Gasteiger partial charge in [0.2, 0.25) is 11.0 Å². The largest absolute Gasteiger partial charge is 0.497 e. The summed E-state index contributed by atoms with van der Waals surface area (Å²) in [5.41, 5.74) is -0.451. The smallest absolute Gasteiger partial charge is 0.327 e. The Morgan fingerprint density at radius 2 is 1.71 bits per heavy atom. The van der Waals surface area contributed by atoms with Crippen molar-refractivity contribution in [3.63, 3.8) is 0 Å². The number of hydrogen-bond acceptors (Lipinski definition) is 8. The molecule has 0 spiro atoms. The number of methoxy groups -OCH3 is 1. The molecule has 5 N–H and O–H groups in total. The van der Waals surface area contributed by atoms with E-state index in [1.165, 1.54) is 7.11 Å². The molecule has 31 heavy (non-hydrogen) atoms. The van der Waals surface area contributed by atoms with E-state index in [-0.39, 0.29) is 33.7 Å². The molecule has 0 saturated heterocycles. The van der Waals surface area contributed by atoms with E-state index in [2.05, 4.69) is 30.9 Å². The van der Waals surface area contributed by atoms with Crippen LogP contribution in [0.3, 0.4) is 0 Å². The van der Waals surface area contributed by atoms with Gasteiger partial charge < -0.3 is 20.7 Å². The number of nitrogens with zero attached hydrogens (tertiary/aromatic N) is 1. The highest BCUT2D eigenvalue weighted by Gasteiger charge is 2.47. The first-order valence-corrected chi connectivity index (χ1v) is 9.54. The number of nitrogens with one attached hydrogen (secondary N) is 5. The van der Waals surface area contributed by atoms with Crippen LogP contribution in [0.1, 0.15) is 17.0 Å². The number of amidine groups is 1. The molecule has 3 aliphatic heterocycles. The number of benzene rings is 1. The third-order valence-corrected chi connectivity index (χ3v) is 5.49. The molecule has 4 heterocycles. The zero-order valence-electron chi connectivity index (χ0n) is 15.9. The molecule has 1 aromatic carbocycles. The standard InChI is InChI=1S/C19H14N6O5S/c1-30-7-4-2-6(3-5-7)8-9-12(26)11-15(23-19(31)25-17(11)28)21-13(9)20-14-10(8)16(27)24-18(29)22-14/h2-5,8,11H,1H3,(H3,20,22,24,27,29)(H2,21,23,25,28,31). The monoisotopic (exact) mass is 438 g/mol. The van der Waals surface area contributed by atoms with Crippen LogP contribution in [0, 0.1) is 5.92 Å². The Morgan fingerprint density at radius 3 is 2.42 bits per heavy atom. The number of aliphatic imine (C=N–C) groups is 1. The predicted octanol–water partition coefficient (Wildman–Crippen LogP) is -0.557. The highest BCUT2D eigenvalue weighted by molar-refractivity contribution is 7.80. The van der Waals surface area contributed by atoms with Gasteiger partial charge in [0.1, 0.15) is 23.2 Å². The molecule has 5 rings (SSSR count).